The molecule has 24 heavy (non-hydrogen) atoms. The summed E-state index contributed by atoms with van der Waals surface area (Å²) in [5.74, 6) is -0.231. The number of hydrogen-bond acceptors (Lipinski definition) is 3. The van der Waals surface area contributed by atoms with E-state index in [2.05, 4.69) is 0 Å². The van der Waals surface area contributed by atoms with E-state index in [1.165, 1.54) is 19.3 Å². The molecule has 130 valence electrons. The first-order valence-electron chi connectivity index (χ1n) is 9.07. The zero-order valence-corrected chi connectivity index (χ0v) is 14.2. The van der Waals surface area contributed by atoms with Gasteiger partial charge in [0.1, 0.15) is 0 Å². The zero-order chi connectivity index (χ0) is 16.9. The molecule has 1 atom stereocenters. The number of amides is 2. The molecule has 1 unspecified atom stereocenters. The highest BCUT2D eigenvalue weighted by Crippen LogP contribution is 2.28. The van der Waals surface area contributed by atoms with Gasteiger partial charge in [0.2, 0.25) is 11.8 Å². The Morgan fingerprint density at radius 3 is 2.42 bits per heavy atom. The van der Waals surface area contributed by atoms with Gasteiger partial charge >= 0.3 is 0 Å². The average Bonchev–Trinajstić information content (AvgIpc) is 3.05. The minimum Gasteiger partial charge on any atom is -0.368 e. The Labute approximate surface area is 143 Å². The summed E-state index contributed by atoms with van der Waals surface area (Å²) in [4.78, 5) is 28.6. The molecule has 1 aliphatic heterocycles. The lowest BCUT2D eigenvalue weighted by atomic mass is 9.93. The van der Waals surface area contributed by atoms with E-state index in [-0.39, 0.29) is 30.4 Å². The number of anilines is 1. The van der Waals surface area contributed by atoms with Crippen molar-refractivity contribution in [2.45, 2.75) is 57.0 Å². The highest BCUT2D eigenvalue weighted by atomic mass is 16.2. The summed E-state index contributed by atoms with van der Waals surface area (Å²) >= 11 is 0. The molecule has 1 saturated carbocycles. The van der Waals surface area contributed by atoms with E-state index in [0.717, 1.165) is 37.9 Å². The van der Waals surface area contributed by atoms with Crippen LogP contribution in [0.1, 0.15) is 44.9 Å². The van der Waals surface area contributed by atoms with Crippen molar-refractivity contribution in [1.82, 2.24) is 4.90 Å². The van der Waals surface area contributed by atoms with Crippen molar-refractivity contribution < 1.29 is 9.59 Å². The summed E-state index contributed by atoms with van der Waals surface area (Å²) in [5.41, 5.74) is 6.45. The molecule has 3 rings (SSSR count). The second-order valence-electron chi connectivity index (χ2n) is 6.92. The quantitative estimate of drug-likeness (QED) is 0.901. The lowest BCUT2D eigenvalue weighted by Gasteiger charge is -2.36. The summed E-state index contributed by atoms with van der Waals surface area (Å²) in [6.45, 7) is 1.05. The number of hydrogen-bond donors (Lipinski definition) is 1. The number of rotatable bonds is 5. The number of likely N-dealkylation sites (tertiary alicyclic amines) is 1. The van der Waals surface area contributed by atoms with E-state index in [0.29, 0.717) is 0 Å². The molecule has 2 aliphatic rings. The average molecular weight is 329 g/mol. The standard InChI is InChI=1S/C19H27N3O2/c20-19(24)17-12-7-13-21(17)14-18(23)22(15-8-3-1-4-9-15)16-10-5-2-6-11-16/h1,3-4,8-9,16-17H,2,5-7,10-14H2,(H2,20,24). The van der Waals surface area contributed by atoms with Gasteiger partial charge in [0.05, 0.1) is 12.6 Å². The fourth-order valence-corrected chi connectivity index (χ4v) is 4.07. The molecule has 2 fully saturated rings. The summed E-state index contributed by atoms with van der Waals surface area (Å²) < 4.78 is 0. The third-order valence-corrected chi connectivity index (χ3v) is 5.27. The van der Waals surface area contributed by atoms with Crippen LogP contribution in [0.15, 0.2) is 30.3 Å². The molecule has 0 aromatic heterocycles. The maximum atomic E-state index is 13.1. The predicted molar refractivity (Wildman–Crippen MR) is 94.6 cm³/mol. The van der Waals surface area contributed by atoms with Crippen LogP contribution in [-0.4, -0.2) is 41.9 Å². The van der Waals surface area contributed by atoms with Gasteiger partial charge < -0.3 is 10.6 Å². The maximum absolute atomic E-state index is 13.1. The van der Waals surface area contributed by atoms with Crippen LogP contribution in [0.5, 0.6) is 0 Å². The third kappa shape index (κ3) is 3.78. The van der Waals surface area contributed by atoms with Gasteiger partial charge in [-0.25, -0.2) is 0 Å². The van der Waals surface area contributed by atoms with Crippen LogP contribution in [0, 0.1) is 0 Å². The highest BCUT2D eigenvalue weighted by molar-refractivity contribution is 5.96. The van der Waals surface area contributed by atoms with Crippen LogP contribution in [0.3, 0.4) is 0 Å². The number of carbonyl (C=O) groups excluding carboxylic acids is 2. The van der Waals surface area contributed by atoms with Crippen LogP contribution in [0.4, 0.5) is 5.69 Å². The highest BCUT2D eigenvalue weighted by Gasteiger charge is 2.33. The molecule has 1 aromatic rings. The Balaban J connectivity index is 1.77. The van der Waals surface area contributed by atoms with Crippen LogP contribution in [-0.2, 0) is 9.59 Å². The number of nitrogens with two attached hydrogens (primary N) is 1. The molecular formula is C19H27N3O2. The second-order valence-corrected chi connectivity index (χ2v) is 6.92. The van der Waals surface area contributed by atoms with Crippen molar-refractivity contribution in [2.24, 2.45) is 5.73 Å². The minimum absolute atomic E-state index is 0.0845. The molecule has 2 amide bonds. The first-order valence-corrected chi connectivity index (χ1v) is 9.07. The van der Waals surface area contributed by atoms with Crippen molar-refractivity contribution in [3.05, 3.63) is 30.3 Å². The number of benzene rings is 1. The Kier molecular flexibility index (Phi) is 5.51. The van der Waals surface area contributed by atoms with E-state index in [4.69, 9.17) is 5.73 Å². The van der Waals surface area contributed by atoms with E-state index in [1.807, 2.05) is 40.1 Å². The first-order chi connectivity index (χ1) is 11.7. The van der Waals surface area contributed by atoms with Crippen molar-refractivity contribution in [2.75, 3.05) is 18.0 Å². The number of primary amides is 1. The third-order valence-electron chi connectivity index (χ3n) is 5.27. The molecule has 2 N–H and O–H groups in total. The lowest BCUT2D eigenvalue weighted by molar-refractivity contribution is -0.124. The van der Waals surface area contributed by atoms with E-state index in [9.17, 15) is 9.59 Å². The summed E-state index contributed by atoms with van der Waals surface area (Å²) in [6.07, 6.45) is 7.40. The van der Waals surface area contributed by atoms with Crippen molar-refractivity contribution in [3.63, 3.8) is 0 Å². The monoisotopic (exact) mass is 329 g/mol. The summed E-state index contributed by atoms with van der Waals surface area (Å²) in [6, 6.07) is 9.89. The number of nitrogens with zero attached hydrogens (tertiary/aromatic N) is 2. The van der Waals surface area contributed by atoms with Gasteiger partial charge in [-0.2, -0.15) is 0 Å². The molecule has 1 saturated heterocycles. The van der Waals surface area contributed by atoms with Crippen LogP contribution in [0.2, 0.25) is 0 Å². The first kappa shape index (κ1) is 17.0. The topological polar surface area (TPSA) is 66.6 Å². The normalized spacial score (nSPS) is 22.4. The van der Waals surface area contributed by atoms with Gasteiger partial charge in [0.15, 0.2) is 0 Å². The van der Waals surface area contributed by atoms with Crippen molar-refractivity contribution in [3.8, 4) is 0 Å². The number of carbonyl (C=O) groups is 2. The largest absolute Gasteiger partial charge is 0.368 e. The molecule has 5 nitrogen and oxygen atoms in total. The molecular weight excluding hydrogens is 302 g/mol. The molecule has 0 bridgehead atoms. The van der Waals surface area contributed by atoms with Gasteiger partial charge in [0.25, 0.3) is 0 Å². The van der Waals surface area contributed by atoms with Gasteiger partial charge in [0, 0.05) is 11.7 Å². The smallest absolute Gasteiger partial charge is 0.241 e. The van der Waals surface area contributed by atoms with Crippen LogP contribution < -0.4 is 10.6 Å². The molecule has 1 aromatic carbocycles. The maximum Gasteiger partial charge on any atom is 0.241 e. The van der Waals surface area contributed by atoms with Gasteiger partial charge in [-0.05, 0) is 44.4 Å². The zero-order valence-electron chi connectivity index (χ0n) is 14.2. The lowest BCUT2D eigenvalue weighted by Crippen LogP contribution is -2.49. The Bertz CT molecular complexity index is 569. The second kappa shape index (κ2) is 7.79. The fraction of sp³-hybridized carbons (Fsp3) is 0.579. The molecule has 0 spiro atoms. The van der Waals surface area contributed by atoms with E-state index in [1.54, 1.807) is 0 Å². The Hall–Kier alpha value is -1.88. The fourth-order valence-electron chi connectivity index (χ4n) is 4.07. The van der Waals surface area contributed by atoms with Gasteiger partial charge in [-0.15, -0.1) is 0 Å². The van der Waals surface area contributed by atoms with Gasteiger partial charge in [-0.1, -0.05) is 37.5 Å². The van der Waals surface area contributed by atoms with Crippen LogP contribution in [0.25, 0.3) is 0 Å². The Morgan fingerprint density at radius 2 is 1.75 bits per heavy atom. The number of para-hydroxylation sites is 1. The SMILES string of the molecule is NC(=O)C1CCCN1CC(=O)N(c1ccccc1)C1CCCCC1. The van der Waals surface area contributed by atoms with Crippen molar-refractivity contribution >= 4 is 17.5 Å². The van der Waals surface area contributed by atoms with E-state index < -0.39 is 0 Å². The summed E-state index contributed by atoms with van der Waals surface area (Å²) in [5, 5.41) is 0. The molecule has 5 heteroatoms. The van der Waals surface area contributed by atoms with E-state index >= 15 is 0 Å². The Morgan fingerprint density at radius 1 is 1.04 bits per heavy atom. The summed E-state index contributed by atoms with van der Waals surface area (Å²) in [7, 11) is 0. The molecule has 1 aliphatic carbocycles. The van der Waals surface area contributed by atoms with Gasteiger partial charge in [-0.3, -0.25) is 14.5 Å². The predicted octanol–water partition coefficient (Wildman–Crippen LogP) is 2.30. The molecule has 0 radical (unpaired) electrons. The van der Waals surface area contributed by atoms with Crippen LogP contribution >= 0.6 is 0 Å². The van der Waals surface area contributed by atoms with Crippen molar-refractivity contribution in [1.29, 1.82) is 0 Å². The minimum atomic E-state index is -0.316. The molecule has 1 heterocycles.